The molecule has 2 atom stereocenters. The molecule has 1 aliphatic heterocycles. The Bertz CT molecular complexity index is 106. The molecule has 11 heavy (non-hydrogen) atoms. The van der Waals surface area contributed by atoms with Crippen molar-refractivity contribution in [2.75, 3.05) is 19.7 Å². The zero-order valence-electron chi connectivity index (χ0n) is 7.34. The van der Waals surface area contributed by atoms with Crippen LogP contribution in [0.25, 0.3) is 0 Å². The summed E-state index contributed by atoms with van der Waals surface area (Å²) in [5.74, 6) is 1.65. The molecule has 2 nitrogen and oxygen atoms in total. The van der Waals surface area contributed by atoms with E-state index >= 15 is 0 Å². The summed E-state index contributed by atoms with van der Waals surface area (Å²) in [6.45, 7) is 4.99. The molecule has 2 heteroatoms. The summed E-state index contributed by atoms with van der Waals surface area (Å²) in [5, 5.41) is 12.0. The maximum absolute atomic E-state index is 8.67. The summed E-state index contributed by atoms with van der Waals surface area (Å²) < 4.78 is 0. The number of aliphatic hydroxyl groups excluding tert-OH is 1. The second-order valence-corrected chi connectivity index (χ2v) is 3.60. The molecule has 1 aliphatic rings. The van der Waals surface area contributed by atoms with Crippen LogP contribution < -0.4 is 5.32 Å². The van der Waals surface area contributed by atoms with Crippen LogP contribution in [0.3, 0.4) is 0 Å². The van der Waals surface area contributed by atoms with Crippen molar-refractivity contribution in [2.45, 2.75) is 26.2 Å². The Morgan fingerprint density at radius 3 is 3.00 bits per heavy atom. The normalized spacial score (nSPS) is 32.2. The van der Waals surface area contributed by atoms with Crippen LogP contribution in [0.15, 0.2) is 0 Å². The van der Waals surface area contributed by atoms with E-state index in [1.165, 1.54) is 19.4 Å². The molecule has 0 spiro atoms. The molecular weight excluding hydrogens is 138 g/mol. The van der Waals surface area contributed by atoms with E-state index < -0.39 is 0 Å². The first-order chi connectivity index (χ1) is 5.34. The number of rotatable bonds is 3. The maximum Gasteiger partial charge on any atom is 0.0431 e. The molecule has 1 unspecified atom stereocenters. The summed E-state index contributed by atoms with van der Waals surface area (Å²) in [6, 6.07) is 0. The summed E-state index contributed by atoms with van der Waals surface area (Å²) in [4.78, 5) is 0. The van der Waals surface area contributed by atoms with Gasteiger partial charge in [0, 0.05) is 6.61 Å². The molecule has 0 amide bonds. The van der Waals surface area contributed by atoms with E-state index in [4.69, 9.17) is 5.11 Å². The SMILES string of the molecule is C[C@@H]1CNCCC1CCCO. The Balaban J connectivity index is 2.18. The van der Waals surface area contributed by atoms with Crippen molar-refractivity contribution >= 4 is 0 Å². The third-order valence-electron chi connectivity index (χ3n) is 2.70. The van der Waals surface area contributed by atoms with Crippen molar-refractivity contribution in [1.82, 2.24) is 5.32 Å². The molecule has 1 rings (SSSR count). The molecule has 0 saturated carbocycles. The zero-order valence-corrected chi connectivity index (χ0v) is 7.34. The Labute approximate surface area is 69.0 Å². The van der Waals surface area contributed by atoms with Crippen LogP contribution in [0.2, 0.25) is 0 Å². The summed E-state index contributed by atoms with van der Waals surface area (Å²) in [5.41, 5.74) is 0. The van der Waals surface area contributed by atoms with Crippen LogP contribution in [0.5, 0.6) is 0 Å². The van der Waals surface area contributed by atoms with Gasteiger partial charge in [-0.15, -0.1) is 0 Å². The van der Waals surface area contributed by atoms with E-state index in [1.54, 1.807) is 0 Å². The molecular formula is C9H19NO. The van der Waals surface area contributed by atoms with Gasteiger partial charge < -0.3 is 10.4 Å². The minimum atomic E-state index is 0.358. The fourth-order valence-corrected chi connectivity index (χ4v) is 1.85. The third-order valence-corrected chi connectivity index (χ3v) is 2.70. The van der Waals surface area contributed by atoms with E-state index in [2.05, 4.69) is 12.2 Å². The highest BCUT2D eigenvalue weighted by Crippen LogP contribution is 2.22. The molecule has 2 N–H and O–H groups in total. The third kappa shape index (κ3) is 2.80. The largest absolute Gasteiger partial charge is 0.396 e. The van der Waals surface area contributed by atoms with Gasteiger partial charge in [-0.2, -0.15) is 0 Å². The van der Waals surface area contributed by atoms with E-state index in [-0.39, 0.29) is 0 Å². The molecule has 0 radical (unpaired) electrons. The van der Waals surface area contributed by atoms with Gasteiger partial charge in [0.05, 0.1) is 0 Å². The predicted molar refractivity (Wildman–Crippen MR) is 46.5 cm³/mol. The lowest BCUT2D eigenvalue weighted by Crippen LogP contribution is -2.35. The first-order valence-corrected chi connectivity index (χ1v) is 4.66. The Hall–Kier alpha value is -0.0800. The zero-order chi connectivity index (χ0) is 8.10. The average molecular weight is 157 g/mol. The predicted octanol–water partition coefficient (Wildman–Crippen LogP) is 1.00. The number of hydrogen-bond donors (Lipinski definition) is 2. The second kappa shape index (κ2) is 4.73. The molecule has 0 aliphatic carbocycles. The summed E-state index contributed by atoms with van der Waals surface area (Å²) in [6.07, 6.45) is 3.48. The van der Waals surface area contributed by atoms with Gasteiger partial charge in [0.2, 0.25) is 0 Å². The number of hydrogen-bond acceptors (Lipinski definition) is 2. The molecule has 0 aromatic carbocycles. The van der Waals surface area contributed by atoms with Crippen molar-refractivity contribution in [3.63, 3.8) is 0 Å². The minimum absolute atomic E-state index is 0.358. The van der Waals surface area contributed by atoms with Gasteiger partial charge in [-0.3, -0.25) is 0 Å². The Kier molecular flexibility index (Phi) is 3.87. The van der Waals surface area contributed by atoms with Crippen molar-refractivity contribution < 1.29 is 5.11 Å². The lowest BCUT2D eigenvalue weighted by molar-refractivity contribution is 0.220. The highest BCUT2D eigenvalue weighted by molar-refractivity contribution is 4.74. The van der Waals surface area contributed by atoms with Gasteiger partial charge in [-0.05, 0) is 44.2 Å². The van der Waals surface area contributed by atoms with E-state index in [0.717, 1.165) is 24.8 Å². The monoisotopic (exact) mass is 157 g/mol. The Morgan fingerprint density at radius 2 is 2.36 bits per heavy atom. The topological polar surface area (TPSA) is 32.3 Å². The van der Waals surface area contributed by atoms with Crippen LogP contribution in [0.4, 0.5) is 0 Å². The van der Waals surface area contributed by atoms with Crippen molar-refractivity contribution in [3.05, 3.63) is 0 Å². The van der Waals surface area contributed by atoms with Crippen LogP contribution in [0.1, 0.15) is 26.2 Å². The van der Waals surface area contributed by atoms with E-state index in [1.807, 2.05) is 0 Å². The van der Waals surface area contributed by atoms with Crippen LogP contribution in [0, 0.1) is 11.8 Å². The van der Waals surface area contributed by atoms with Gasteiger partial charge in [0.15, 0.2) is 0 Å². The van der Waals surface area contributed by atoms with Gasteiger partial charge >= 0.3 is 0 Å². The van der Waals surface area contributed by atoms with Crippen molar-refractivity contribution in [3.8, 4) is 0 Å². The Morgan fingerprint density at radius 1 is 1.55 bits per heavy atom. The van der Waals surface area contributed by atoms with Gasteiger partial charge in [0.1, 0.15) is 0 Å². The average Bonchev–Trinajstić information content (AvgIpc) is 2.03. The summed E-state index contributed by atoms with van der Waals surface area (Å²) >= 11 is 0. The van der Waals surface area contributed by atoms with Gasteiger partial charge in [-0.25, -0.2) is 0 Å². The van der Waals surface area contributed by atoms with Crippen LogP contribution in [-0.2, 0) is 0 Å². The molecule has 66 valence electrons. The quantitative estimate of drug-likeness (QED) is 0.640. The molecule has 1 saturated heterocycles. The highest BCUT2D eigenvalue weighted by atomic mass is 16.2. The van der Waals surface area contributed by atoms with E-state index in [9.17, 15) is 0 Å². The first kappa shape index (κ1) is 9.01. The van der Waals surface area contributed by atoms with Crippen LogP contribution >= 0.6 is 0 Å². The lowest BCUT2D eigenvalue weighted by atomic mass is 9.84. The minimum Gasteiger partial charge on any atom is -0.396 e. The maximum atomic E-state index is 8.67. The second-order valence-electron chi connectivity index (χ2n) is 3.60. The number of aliphatic hydroxyl groups is 1. The van der Waals surface area contributed by atoms with Crippen molar-refractivity contribution in [1.29, 1.82) is 0 Å². The standard InChI is InChI=1S/C9H19NO/c1-8-7-10-5-4-9(8)3-2-6-11/h8-11H,2-7H2,1H3/t8-,9?/m1/s1. The summed E-state index contributed by atoms with van der Waals surface area (Å²) in [7, 11) is 0. The fraction of sp³-hybridized carbons (Fsp3) is 1.00. The highest BCUT2D eigenvalue weighted by Gasteiger charge is 2.19. The fourth-order valence-electron chi connectivity index (χ4n) is 1.85. The van der Waals surface area contributed by atoms with Gasteiger partial charge in [0.25, 0.3) is 0 Å². The van der Waals surface area contributed by atoms with Gasteiger partial charge in [-0.1, -0.05) is 6.92 Å². The molecule has 0 aromatic rings. The first-order valence-electron chi connectivity index (χ1n) is 4.66. The smallest absolute Gasteiger partial charge is 0.0431 e. The molecule has 1 heterocycles. The van der Waals surface area contributed by atoms with Crippen molar-refractivity contribution in [2.24, 2.45) is 11.8 Å². The lowest BCUT2D eigenvalue weighted by Gasteiger charge is -2.29. The molecule has 0 aromatic heterocycles. The molecule has 1 fully saturated rings. The number of piperidine rings is 1. The number of nitrogens with one attached hydrogen (secondary N) is 1. The van der Waals surface area contributed by atoms with E-state index in [0.29, 0.717) is 6.61 Å². The van der Waals surface area contributed by atoms with Crippen LogP contribution in [-0.4, -0.2) is 24.8 Å². The molecule has 0 bridgehead atoms.